The van der Waals surface area contributed by atoms with Crippen LogP contribution in [0.1, 0.15) is 47.2 Å². The van der Waals surface area contributed by atoms with Gasteiger partial charge in [0.1, 0.15) is 5.75 Å². The number of amides is 1. The number of hydrogen-bond acceptors (Lipinski definition) is 5. The topological polar surface area (TPSA) is 110 Å². The first-order chi connectivity index (χ1) is 15.0. The van der Waals surface area contributed by atoms with Crippen LogP contribution in [0, 0.1) is 13.8 Å². The van der Waals surface area contributed by atoms with Crippen LogP contribution in [0.4, 0.5) is 0 Å². The number of aryl methyl sites for hydroxylation is 1. The van der Waals surface area contributed by atoms with Gasteiger partial charge in [-0.25, -0.2) is 8.42 Å². The number of para-hydroxylation sites is 1. The second-order valence-electron chi connectivity index (χ2n) is 8.13. The number of carbonyl (C=O) groups excluding carboxylic acids is 1. The molecule has 0 saturated heterocycles. The number of pyridine rings is 1. The summed E-state index contributed by atoms with van der Waals surface area (Å²) in [7, 11) is -1.81. The van der Waals surface area contributed by atoms with E-state index in [-0.39, 0.29) is 24.1 Å². The number of nitrogens with one attached hydrogen (secondary N) is 2. The number of sulfone groups is 1. The number of aromatic amines is 1. The first-order valence-corrected chi connectivity index (χ1v) is 12.3. The van der Waals surface area contributed by atoms with Crippen molar-refractivity contribution < 1.29 is 17.9 Å². The number of rotatable bonds is 7. The van der Waals surface area contributed by atoms with Crippen molar-refractivity contribution in [3.8, 4) is 5.75 Å². The molecule has 172 valence electrons. The van der Waals surface area contributed by atoms with Gasteiger partial charge in [0.15, 0.2) is 9.84 Å². The van der Waals surface area contributed by atoms with E-state index in [1.54, 1.807) is 26.8 Å². The van der Waals surface area contributed by atoms with Gasteiger partial charge in [-0.05, 0) is 39.8 Å². The number of hydrogen-bond donors (Lipinski definition) is 2. The lowest BCUT2D eigenvalue weighted by atomic mass is 10.1. The number of aromatic nitrogens is 2. The maximum Gasteiger partial charge on any atom is 0.256 e. The van der Waals surface area contributed by atoms with Crippen molar-refractivity contribution in [2.45, 2.75) is 45.5 Å². The Morgan fingerprint density at radius 1 is 1.22 bits per heavy atom. The van der Waals surface area contributed by atoms with E-state index < -0.39 is 15.1 Å². The molecule has 2 heterocycles. The van der Waals surface area contributed by atoms with E-state index in [0.717, 1.165) is 10.9 Å². The van der Waals surface area contributed by atoms with Crippen LogP contribution in [-0.4, -0.2) is 42.5 Å². The van der Waals surface area contributed by atoms with E-state index in [1.807, 2.05) is 35.8 Å². The fourth-order valence-corrected chi connectivity index (χ4v) is 4.90. The Kier molecular flexibility index (Phi) is 6.50. The number of nitrogens with zero attached hydrogens (tertiary/aromatic N) is 1. The first kappa shape index (κ1) is 23.6. The summed E-state index contributed by atoms with van der Waals surface area (Å²) in [6.45, 7) is 7.06. The largest absolute Gasteiger partial charge is 0.496 e. The molecule has 3 rings (SSSR count). The molecule has 0 bridgehead atoms. The quantitative estimate of drug-likeness (QED) is 0.565. The van der Waals surface area contributed by atoms with E-state index in [4.69, 9.17) is 4.74 Å². The fraction of sp³-hybridized carbons (Fsp3) is 0.391. The third kappa shape index (κ3) is 4.29. The molecule has 0 aliphatic carbocycles. The standard InChI is InChI=1S/C23H29N3O5S/c1-13-11-20(31-5)18(22(27)25-13)12-24-23(28)21-15(3)26(14(2)16(4)32(6,29)30)19-10-8-7-9-17(19)21/h7-11,14,16H,12H2,1-6H3,(H,24,28)(H,25,27). The molecule has 2 N–H and O–H groups in total. The highest BCUT2D eigenvalue weighted by Crippen LogP contribution is 2.31. The van der Waals surface area contributed by atoms with Gasteiger partial charge in [-0.1, -0.05) is 18.2 Å². The highest BCUT2D eigenvalue weighted by molar-refractivity contribution is 7.91. The number of H-pyrrole nitrogens is 1. The zero-order valence-corrected chi connectivity index (χ0v) is 20.0. The molecule has 0 aliphatic rings. The van der Waals surface area contributed by atoms with Gasteiger partial charge in [-0.2, -0.15) is 0 Å². The second kappa shape index (κ2) is 8.82. The van der Waals surface area contributed by atoms with Gasteiger partial charge >= 0.3 is 0 Å². The van der Waals surface area contributed by atoms with Gasteiger partial charge in [-0.15, -0.1) is 0 Å². The zero-order chi connectivity index (χ0) is 23.8. The summed E-state index contributed by atoms with van der Waals surface area (Å²) >= 11 is 0. The van der Waals surface area contributed by atoms with Crippen LogP contribution >= 0.6 is 0 Å². The van der Waals surface area contributed by atoms with Crippen molar-refractivity contribution in [3.05, 3.63) is 63.2 Å². The van der Waals surface area contributed by atoms with Crippen LogP contribution in [0.5, 0.6) is 5.75 Å². The van der Waals surface area contributed by atoms with Gasteiger partial charge < -0.3 is 19.6 Å². The van der Waals surface area contributed by atoms with Crippen molar-refractivity contribution in [2.75, 3.05) is 13.4 Å². The molecule has 2 unspecified atom stereocenters. The van der Waals surface area contributed by atoms with Gasteiger partial charge in [0.05, 0.1) is 30.0 Å². The molecule has 0 radical (unpaired) electrons. The molecule has 0 saturated carbocycles. The molecule has 9 heteroatoms. The number of carbonyl (C=O) groups is 1. The van der Waals surface area contributed by atoms with Crippen LogP contribution < -0.4 is 15.6 Å². The molecule has 0 spiro atoms. The summed E-state index contributed by atoms with van der Waals surface area (Å²) in [6, 6.07) is 8.73. The molecule has 0 fully saturated rings. The lowest BCUT2D eigenvalue weighted by molar-refractivity contribution is 0.0951. The summed E-state index contributed by atoms with van der Waals surface area (Å²) in [5, 5.41) is 2.91. The third-order valence-electron chi connectivity index (χ3n) is 6.02. The molecule has 2 atom stereocenters. The van der Waals surface area contributed by atoms with E-state index in [9.17, 15) is 18.0 Å². The third-order valence-corrected chi connectivity index (χ3v) is 7.77. The first-order valence-electron chi connectivity index (χ1n) is 10.3. The van der Waals surface area contributed by atoms with E-state index in [0.29, 0.717) is 28.3 Å². The lowest BCUT2D eigenvalue weighted by Gasteiger charge is -2.23. The lowest BCUT2D eigenvalue weighted by Crippen LogP contribution is -2.29. The van der Waals surface area contributed by atoms with E-state index in [1.165, 1.54) is 13.4 Å². The van der Waals surface area contributed by atoms with Crippen molar-refractivity contribution >= 4 is 26.6 Å². The summed E-state index contributed by atoms with van der Waals surface area (Å²) in [6.07, 6.45) is 1.22. The van der Waals surface area contributed by atoms with Crippen molar-refractivity contribution in [1.82, 2.24) is 14.9 Å². The van der Waals surface area contributed by atoms with Crippen LogP contribution in [-0.2, 0) is 16.4 Å². The molecular weight excluding hydrogens is 430 g/mol. The summed E-state index contributed by atoms with van der Waals surface area (Å²) in [5.74, 6) is 0.0555. The average molecular weight is 460 g/mol. The van der Waals surface area contributed by atoms with E-state index in [2.05, 4.69) is 10.3 Å². The SMILES string of the molecule is COc1cc(C)[nH]c(=O)c1CNC(=O)c1c(C)n(C(C)C(C)S(C)(=O)=O)c2ccccc12. The van der Waals surface area contributed by atoms with Crippen LogP contribution in [0.2, 0.25) is 0 Å². The average Bonchev–Trinajstić information content (AvgIpc) is 3.02. The normalized spacial score (nSPS) is 13.7. The number of methoxy groups -OCH3 is 1. The zero-order valence-electron chi connectivity index (χ0n) is 19.1. The summed E-state index contributed by atoms with van der Waals surface area (Å²) in [5.41, 5.74) is 2.56. The minimum Gasteiger partial charge on any atom is -0.496 e. The van der Waals surface area contributed by atoms with Gasteiger partial charge in [0, 0.05) is 34.6 Å². The number of fused-ring (bicyclic) bond motifs is 1. The Hall–Kier alpha value is -3.07. The predicted molar refractivity (Wildman–Crippen MR) is 125 cm³/mol. The molecule has 32 heavy (non-hydrogen) atoms. The minimum atomic E-state index is -3.28. The number of benzene rings is 1. The van der Waals surface area contributed by atoms with Gasteiger partial charge in [-0.3, -0.25) is 9.59 Å². The fourth-order valence-electron chi connectivity index (χ4n) is 4.06. The minimum absolute atomic E-state index is 0.00807. The highest BCUT2D eigenvalue weighted by atomic mass is 32.2. The summed E-state index contributed by atoms with van der Waals surface area (Å²) in [4.78, 5) is 28.3. The maximum atomic E-state index is 13.2. The Labute approximate surface area is 187 Å². The summed E-state index contributed by atoms with van der Waals surface area (Å²) < 4.78 is 31.5. The Morgan fingerprint density at radius 2 is 1.88 bits per heavy atom. The monoisotopic (exact) mass is 459 g/mol. The molecular formula is C23H29N3O5S. The van der Waals surface area contributed by atoms with Gasteiger partial charge in [0.2, 0.25) is 0 Å². The van der Waals surface area contributed by atoms with Crippen LogP contribution in [0.3, 0.4) is 0 Å². The predicted octanol–water partition coefficient (Wildman–Crippen LogP) is 2.88. The smallest absolute Gasteiger partial charge is 0.256 e. The Balaban J connectivity index is 2.02. The second-order valence-corrected chi connectivity index (χ2v) is 10.5. The molecule has 1 aromatic carbocycles. The van der Waals surface area contributed by atoms with E-state index >= 15 is 0 Å². The Bertz CT molecular complexity index is 1340. The van der Waals surface area contributed by atoms with Crippen molar-refractivity contribution in [3.63, 3.8) is 0 Å². The molecule has 2 aromatic heterocycles. The Morgan fingerprint density at radius 3 is 2.50 bits per heavy atom. The van der Waals surface area contributed by atoms with Crippen LogP contribution in [0.15, 0.2) is 35.1 Å². The van der Waals surface area contributed by atoms with Gasteiger partial charge in [0.25, 0.3) is 11.5 Å². The van der Waals surface area contributed by atoms with Crippen molar-refractivity contribution in [2.24, 2.45) is 0 Å². The number of ether oxygens (including phenoxy) is 1. The molecule has 8 nitrogen and oxygen atoms in total. The maximum absolute atomic E-state index is 13.2. The molecule has 0 aliphatic heterocycles. The molecule has 3 aromatic rings. The highest BCUT2D eigenvalue weighted by Gasteiger charge is 2.29. The van der Waals surface area contributed by atoms with Crippen molar-refractivity contribution in [1.29, 1.82) is 0 Å². The molecule has 1 amide bonds. The van der Waals surface area contributed by atoms with Crippen LogP contribution in [0.25, 0.3) is 10.9 Å².